The number of nitrogens with zero attached hydrogens (tertiary/aromatic N) is 3. The molecule has 0 spiro atoms. The van der Waals surface area contributed by atoms with Crippen LogP contribution in [0.5, 0.6) is 23.0 Å². The van der Waals surface area contributed by atoms with Gasteiger partial charge in [-0.25, -0.2) is 0 Å². The average molecular weight is 552 g/mol. The minimum Gasteiger partial charge on any atom is -0.493 e. The van der Waals surface area contributed by atoms with Gasteiger partial charge in [0.2, 0.25) is 5.75 Å². The van der Waals surface area contributed by atoms with Gasteiger partial charge < -0.3 is 14.2 Å². The maximum atomic E-state index is 13.0. The molecule has 0 aromatic heterocycles. The SMILES string of the molecule is COc1cccc(/C=C2\SC(=O)N(CCOc3ccc(C)cc3)C2=O)c1Oc1ccc([N+](=O)[O-])cc1[N+](=O)[O-]. The van der Waals surface area contributed by atoms with E-state index in [9.17, 15) is 29.8 Å². The number of rotatable bonds is 10. The minimum atomic E-state index is -0.804. The Morgan fingerprint density at radius 2 is 1.72 bits per heavy atom. The Labute approximate surface area is 226 Å². The van der Waals surface area contributed by atoms with E-state index in [0.29, 0.717) is 11.3 Å². The summed E-state index contributed by atoms with van der Waals surface area (Å²) in [6.07, 6.45) is 1.42. The van der Waals surface area contributed by atoms with E-state index in [4.69, 9.17) is 14.2 Å². The number of benzene rings is 3. The second kappa shape index (κ2) is 11.6. The standard InChI is InChI=1S/C26H21N3O9S/c1-16-6-9-19(10-7-16)37-13-12-27-25(30)23(39-26(27)31)14-17-4-3-5-22(36-2)24(17)38-21-11-8-18(28(32)33)15-20(21)29(34)35/h3-11,14-15H,12-13H2,1-2H3/b23-14-. The Morgan fingerprint density at radius 1 is 0.974 bits per heavy atom. The minimum absolute atomic E-state index is 0.0199. The molecule has 2 amide bonds. The number of nitro benzene ring substituents is 2. The lowest BCUT2D eigenvalue weighted by atomic mass is 10.1. The first-order chi connectivity index (χ1) is 18.7. The first-order valence-corrected chi connectivity index (χ1v) is 12.2. The molecule has 1 heterocycles. The zero-order valence-corrected chi connectivity index (χ0v) is 21.5. The highest BCUT2D eigenvalue weighted by Gasteiger charge is 2.35. The number of carbonyl (C=O) groups excluding carboxylic acids is 2. The van der Waals surface area contributed by atoms with Crippen LogP contribution in [0.4, 0.5) is 16.2 Å². The first-order valence-electron chi connectivity index (χ1n) is 11.4. The Hall–Kier alpha value is -4.91. The molecular weight excluding hydrogens is 530 g/mol. The molecule has 3 aromatic rings. The third-order valence-corrected chi connectivity index (χ3v) is 6.46. The van der Waals surface area contributed by atoms with Crippen LogP contribution in [0.1, 0.15) is 11.1 Å². The molecule has 0 bridgehead atoms. The van der Waals surface area contributed by atoms with Crippen LogP contribution in [0, 0.1) is 27.2 Å². The van der Waals surface area contributed by atoms with E-state index in [1.807, 2.05) is 19.1 Å². The second-order valence-corrected chi connectivity index (χ2v) is 9.13. The fourth-order valence-corrected chi connectivity index (χ4v) is 4.45. The molecule has 1 fully saturated rings. The largest absolute Gasteiger partial charge is 0.493 e. The van der Waals surface area contributed by atoms with Gasteiger partial charge in [0, 0.05) is 11.6 Å². The number of imide groups is 1. The van der Waals surface area contributed by atoms with Crippen LogP contribution in [0.15, 0.2) is 65.6 Å². The van der Waals surface area contributed by atoms with Crippen molar-refractivity contribution >= 4 is 40.4 Å². The molecule has 0 saturated carbocycles. The highest BCUT2D eigenvalue weighted by atomic mass is 32.2. The number of thioether (sulfide) groups is 1. The molecular formula is C26H21N3O9S. The molecule has 0 aliphatic carbocycles. The van der Waals surface area contributed by atoms with Crippen LogP contribution >= 0.6 is 11.8 Å². The van der Waals surface area contributed by atoms with Crippen LogP contribution in [-0.2, 0) is 4.79 Å². The summed E-state index contributed by atoms with van der Waals surface area (Å²) < 4.78 is 16.8. The predicted octanol–water partition coefficient (Wildman–Crippen LogP) is 5.73. The van der Waals surface area contributed by atoms with Gasteiger partial charge in [-0.1, -0.05) is 29.8 Å². The fraction of sp³-hybridized carbons (Fsp3) is 0.154. The maximum absolute atomic E-state index is 13.0. The zero-order valence-electron chi connectivity index (χ0n) is 20.7. The Morgan fingerprint density at radius 3 is 2.38 bits per heavy atom. The van der Waals surface area contributed by atoms with Crippen molar-refractivity contribution in [3.63, 3.8) is 0 Å². The number of non-ortho nitro benzene ring substituents is 1. The molecule has 4 rings (SSSR count). The van der Waals surface area contributed by atoms with Crippen molar-refractivity contribution in [1.29, 1.82) is 0 Å². The van der Waals surface area contributed by atoms with Crippen molar-refractivity contribution in [3.05, 3.63) is 96.9 Å². The highest BCUT2D eigenvalue weighted by molar-refractivity contribution is 8.18. The van der Waals surface area contributed by atoms with Crippen LogP contribution in [0.3, 0.4) is 0 Å². The Bertz CT molecular complexity index is 1490. The molecule has 12 nitrogen and oxygen atoms in total. The summed E-state index contributed by atoms with van der Waals surface area (Å²) in [4.78, 5) is 47.8. The number of hydrogen-bond donors (Lipinski definition) is 0. The number of carbonyl (C=O) groups is 2. The number of aryl methyl sites for hydroxylation is 1. The van der Waals surface area contributed by atoms with Crippen LogP contribution < -0.4 is 14.2 Å². The second-order valence-electron chi connectivity index (χ2n) is 8.14. The normalized spacial score (nSPS) is 14.0. The monoisotopic (exact) mass is 551 g/mol. The van der Waals surface area contributed by atoms with Crippen molar-refractivity contribution in [3.8, 4) is 23.0 Å². The summed E-state index contributed by atoms with van der Waals surface area (Å²) in [6, 6.07) is 15.0. The van der Waals surface area contributed by atoms with E-state index < -0.39 is 32.4 Å². The van der Waals surface area contributed by atoms with Crippen molar-refractivity contribution in [2.75, 3.05) is 20.3 Å². The van der Waals surface area contributed by atoms with Crippen LogP contribution in [0.25, 0.3) is 6.08 Å². The molecule has 0 radical (unpaired) electrons. The van der Waals surface area contributed by atoms with E-state index in [2.05, 4.69) is 0 Å². The van der Waals surface area contributed by atoms with Gasteiger partial charge in [0.25, 0.3) is 16.8 Å². The highest BCUT2D eigenvalue weighted by Crippen LogP contribution is 2.42. The van der Waals surface area contributed by atoms with Gasteiger partial charge in [0.1, 0.15) is 12.4 Å². The van der Waals surface area contributed by atoms with Gasteiger partial charge in [-0.2, -0.15) is 0 Å². The van der Waals surface area contributed by atoms with Gasteiger partial charge in [0.15, 0.2) is 11.5 Å². The van der Waals surface area contributed by atoms with E-state index in [1.54, 1.807) is 24.3 Å². The zero-order chi connectivity index (χ0) is 28.1. The molecule has 0 atom stereocenters. The molecule has 13 heteroatoms. The fourth-order valence-electron chi connectivity index (χ4n) is 3.60. The molecule has 0 unspecified atom stereocenters. The van der Waals surface area contributed by atoms with Gasteiger partial charge in [0.05, 0.1) is 34.5 Å². The molecule has 1 aliphatic rings. The number of amides is 2. The summed E-state index contributed by atoms with van der Waals surface area (Å²) >= 11 is 0.730. The van der Waals surface area contributed by atoms with Crippen molar-refractivity contribution in [1.82, 2.24) is 4.90 Å². The predicted molar refractivity (Wildman–Crippen MR) is 142 cm³/mol. The third-order valence-electron chi connectivity index (χ3n) is 5.56. The molecule has 200 valence electrons. The number of para-hydroxylation sites is 1. The quantitative estimate of drug-likeness (QED) is 0.174. The smallest absolute Gasteiger partial charge is 0.318 e. The summed E-state index contributed by atoms with van der Waals surface area (Å²) in [5, 5.41) is 22.2. The number of hydrogen-bond acceptors (Lipinski definition) is 10. The summed E-state index contributed by atoms with van der Waals surface area (Å²) in [5.74, 6) is 0.00825. The maximum Gasteiger partial charge on any atom is 0.318 e. The number of ether oxygens (including phenoxy) is 3. The first kappa shape index (κ1) is 27.1. The van der Waals surface area contributed by atoms with Crippen molar-refractivity contribution in [2.24, 2.45) is 0 Å². The van der Waals surface area contributed by atoms with Gasteiger partial charge >= 0.3 is 5.69 Å². The van der Waals surface area contributed by atoms with Crippen LogP contribution in [0.2, 0.25) is 0 Å². The van der Waals surface area contributed by atoms with E-state index in [1.165, 1.54) is 19.3 Å². The topological polar surface area (TPSA) is 151 Å². The van der Waals surface area contributed by atoms with Gasteiger partial charge in [-0.05, 0) is 49.0 Å². The molecule has 39 heavy (non-hydrogen) atoms. The Kier molecular flexibility index (Phi) is 8.10. The lowest BCUT2D eigenvalue weighted by Gasteiger charge is -2.14. The third kappa shape index (κ3) is 6.15. The van der Waals surface area contributed by atoms with E-state index in [0.717, 1.165) is 40.4 Å². The molecule has 1 saturated heterocycles. The lowest BCUT2D eigenvalue weighted by Crippen LogP contribution is -2.32. The van der Waals surface area contributed by atoms with E-state index in [-0.39, 0.29) is 35.3 Å². The molecule has 3 aromatic carbocycles. The van der Waals surface area contributed by atoms with E-state index >= 15 is 0 Å². The number of methoxy groups -OCH3 is 1. The molecule has 1 aliphatic heterocycles. The summed E-state index contributed by atoms with van der Waals surface area (Å²) in [6.45, 7) is 2.08. The lowest BCUT2D eigenvalue weighted by molar-refractivity contribution is -0.394. The molecule has 0 N–H and O–H groups in total. The summed E-state index contributed by atoms with van der Waals surface area (Å²) in [5.41, 5.74) is 0.259. The number of nitro groups is 2. The summed E-state index contributed by atoms with van der Waals surface area (Å²) in [7, 11) is 1.36. The average Bonchev–Trinajstić information content (AvgIpc) is 3.17. The van der Waals surface area contributed by atoms with Crippen molar-refractivity contribution < 1.29 is 33.6 Å². The van der Waals surface area contributed by atoms with Crippen LogP contribution in [-0.4, -0.2) is 46.2 Å². The Balaban J connectivity index is 1.58. The van der Waals surface area contributed by atoms with Gasteiger partial charge in [-0.15, -0.1) is 0 Å². The van der Waals surface area contributed by atoms with Gasteiger partial charge in [-0.3, -0.25) is 34.7 Å². The van der Waals surface area contributed by atoms with Crippen molar-refractivity contribution in [2.45, 2.75) is 6.92 Å².